The standard InChI is InChI=1S/C6H11O2/c1-5(2)3-6(8)4-7/h5H,3-4H2,1-2H3. The van der Waals surface area contributed by atoms with Crippen molar-refractivity contribution in [2.24, 2.45) is 5.92 Å². The van der Waals surface area contributed by atoms with Crippen LogP contribution in [0.5, 0.6) is 0 Å². The molecule has 2 nitrogen and oxygen atoms in total. The van der Waals surface area contributed by atoms with Crippen molar-refractivity contribution in [1.29, 1.82) is 0 Å². The van der Waals surface area contributed by atoms with Crippen LogP contribution >= 0.6 is 0 Å². The lowest BCUT2D eigenvalue weighted by atomic mass is 10.1. The summed E-state index contributed by atoms with van der Waals surface area (Å²) in [5.74, 6) is 0.149. The van der Waals surface area contributed by atoms with Gasteiger partial charge in [0.2, 0.25) is 0 Å². The minimum absolute atomic E-state index is 0.181. The van der Waals surface area contributed by atoms with Crippen LogP contribution in [-0.4, -0.2) is 12.4 Å². The molecule has 0 fully saturated rings. The molecule has 47 valence electrons. The van der Waals surface area contributed by atoms with Crippen LogP contribution in [0.1, 0.15) is 20.3 Å². The fourth-order valence-corrected chi connectivity index (χ4v) is 0.514. The van der Waals surface area contributed by atoms with E-state index in [1.165, 1.54) is 0 Å². The van der Waals surface area contributed by atoms with Crippen LogP contribution in [0.3, 0.4) is 0 Å². The summed E-state index contributed by atoms with van der Waals surface area (Å²) in [6.45, 7) is 3.29. The molecule has 0 N–H and O–H groups in total. The first kappa shape index (κ1) is 7.63. The highest BCUT2D eigenvalue weighted by Crippen LogP contribution is 1.98. The van der Waals surface area contributed by atoms with Crippen molar-refractivity contribution in [2.75, 3.05) is 6.61 Å². The van der Waals surface area contributed by atoms with Crippen LogP contribution in [0.4, 0.5) is 0 Å². The Balaban J connectivity index is 3.25. The number of carbonyl (C=O) groups excluding carboxylic acids is 1. The Morgan fingerprint density at radius 1 is 1.50 bits per heavy atom. The number of ketones is 1. The van der Waals surface area contributed by atoms with Crippen molar-refractivity contribution >= 4 is 5.78 Å². The maximum Gasteiger partial charge on any atom is 0.162 e. The summed E-state index contributed by atoms with van der Waals surface area (Å²) < 4.78 is 0. The molecule has 0 atom stereocenters. The molecule has 0 amide bonds. The van der Waals surface area contributed by atoms with Gasteiger partial charge in [0.15, 0.2) is 5.78 Å². The van der Waals surface area contributed by atoms with E-state index in [1.54, 1.807) is 0 Å². The first-order valence-electron chi connectivity index (χ1n) is 2.76. The molecule has 0 spiro atoms. The van der Waals surface area contributed by atoms with Crippen LogP contribution in [-0.2, 0) is 9.90 Å². The zero-order valence-electron chi connectivity index (χ0n) is 5.31. The molecule has 0 aliphatic carbocycles. The monoisotopic (exact) mass is 115 g/mol. The van der Waals surface area contributed by atoms with Crippen molar-refractivity contribution in [3.63, 3.8) is 0 Å². The molecule has 0 bridgehead atoms. The summed E-state index contributed by atoms with van der Waals surface area (Å²) in [6.07, 6.45) is 0.434. The van der Waals surface area contributed by atoms with E-state index in [4.69, 9.17) is 0 Å². The molecule has 0 saturated carbocycles. The lowest BCUT2D eigenvalue weighted by molar-refractivity contribution is -0.124. The molecule has 0 aliphatic rings. The molecular weight excluding hydrogens is 104 g/mol. The summed E-state index contributed by atoms with van der Waals surface area (Å²) in [5, 5.41) is 9.82. The van der Waals surface area contributed by atoms with Crippen molar-refractivity contribution < 1.29 is 9.90 Å². The second kappa shape index (κ2) is 3.61. The molecule has 0 aromatic carbocycles. The quantitative estimate of drug-likeness (QED) is 0.541. The molecular formula is C6H11O2. The average molecular weight is 115 g/mol. The number of Topliss-reactive ketones (excluding diaryl/α,β-unsaturated/α-hetero) is 1. The third-order valence-electron chi connectivity index (χ3n) is 0.797. The van der Waals surface area contributed by atoms with E-state index < -0.39 is 6.61 Å². The minimum Gasteiger partial charge on any atom is -0.297 e. The lowest BCUT2D eigenvalue weighted by Crippen LogP contribution is -2.05. The van der Waals surface area contributed by atoms with E-state index in [1.807, 2.05) is 13.8 Å². The fourth-order valence-electron chi connectivity index (χ4n) is 0.514. The van der Waals surface area contributed by atoms with Crippen LogP contribution in [0.2, 0.25) is 0 Å². The molecule has 0 heterocycles. The van der Waals surface area contributed by atoms with Gasteiger partial charge in [0.1, 0.15) is 6.61 Å². The highest BCUT2D eigenvalue weighted by Gasteiger charge is 2.01. The van der Waals surface area contributed by atoms with Gasteiger partial charge in [-0.15, -0.1) is 0 Å². The number of carbonyl (C=O) groups is 1. The molecule has 0 rings (SSSR count). The molecule has 0 aromatic heterocycles. The predicted octanol–water partition coefficient (Wildman–Crippen LogP) is 1.03. The second-order valence-electron chi connectivity index (χ2n) is 2.28. The van der Waals surface area contributed by atoms with Crippen LogP contribution in [0.15, 0.2) is 0 Å². The van der Waals surface area contributed by atoms with E-state index in [9.17, 15) is 9.90 Å². The summed E-state index contributed by atoms with van der Waals surface area (Å²) in [4.78, 5) is 10.3. The topological polar surface area (TPSA) is 37.0 Å². The van der Waals surface area contributed by atoms with Crippen LogP contribution in [0, 0.1) is 5.92 Å². The summed E-state index contributed by atoms with van der Waals surface area (Å²) in [7, 11) is 0. The van der Waals surface area contributed by atoms with Crippen molar-refractivity contribution in [1.82, 2.24) is 0 Å². The van der Waals surface area contributed by atoms with Gasteiger partial charge < -0.3 is 0 Å². The Hall–Kier alpha value is -0.370. The molecule has 0 aromatic rings. The van der Waals surface area contributed by atoms with Gasteiger partial charge in [0, 0.05) is 6.42 Å². The SMILES string of the molecule is CC(C)CC(=O)C[O]. The lowest BCUT2D eigenvalue weighted by Gasteiger charge is -1.97. The van der Waals surface area contributed by atoms with Gasteiger partial charge in [-0.3, -0.25) is 4.79 Å². The molecule has 0 saturated heterocycles. The predicted molar refractivity (Wildman–Crippen MR) is 30.0 cm³/mol. The maximum absolute atomic E-state index is 10.3. The molecule has 1 radical (unpaired) electrons. The molecule has 2 heteroatoms. The van der Waals surface area contributed by atoms with Gasteiger partial charge >= 0.3 is 0 Å². The largest absolute Gasteiger partial charge is 0.297 e. The van der Waals surface area contributed by atoms with E-state index >= 15 is 0 Å². The van der Waals surface area contributed by atoms with Crippen molar-refractivity contribution in [3.05, 3.63) is 0 Å². The third kappa shape index (κ3) is 3.81. The van der Waals surface area contributed by atoms with E-state index in [0.29, 0.717) is 12.3 Å². The first-order chi connectivity index (χ1) is 3.66. The summed E-state index contributed by atoms with van der Waals surface area (Å²) in [6, 6.07) is 0. The Morgan fingerprint density at radius 3 is 2.12 bits per heavy atom. The Bertz CT molecular complexity index is 76.6. The second-order valence-corrected chi connectivity index (χ2v) is 2.28. The Kier molecular flexibility index (Phi) is 3.44. The van der Waals surface area contributed by atoms with Gasteiger partial charge in [-0.2, -0.15) is 0 Å². The first-order valence-corrected chi connectivity index (χ1v) is 2.76. The highest BCUT2D eigenvalue weighted by atomic mass is 16.3. The van der Waals surface area contributed by atoms with Crippen LogP contribution in [0.25, 0.3) is 0 Å². The smallest absolute Gasteiger partial charge is 0.162 e. The molecule has 0 aliphatic heterocycles. The average Bonchev–Trinajstić information content (AvgIpc) is 1.65. The number of hydrogen-bond donors (Lipinski definition) is 0. The normalized spacial score (nSPS) is 10.0. The number of rotatable bonds is 3. The zero-order chi connectivity index (χ0) is 6.57. The Morgan fingerprint density at radius 2 is 2.00 bits per heavy atom. The number of hydrogen-bond acceptors (Lipinski definition) is 1. The summed E-state index contributed by atoms with van der Waals surface area (Å²) in [5.41, 5.74) is 0. The van der Waals surface area contributed by atoms with Crippen molar-refractivity contribution in [3.8, 4) is 0 Å². The summed E-state index contributed by atoms with van der Waals surface area (Å²) >= 11 is 0. The van der Waals surface area contributed by atoms with E-state index in [-0.39, 0.29) is 5.78 Å². The van der Waals surface area contributed by atoms with Gasteiger partial charge in [0.25, 0.3) is 0 Å². The van der Waals surface area contributed by atoms with Crippen molar-refractivity contribution in [2.45, 2.75) is 20.3 Å². The minimum atomic E-state index is -0.557. The van der Waals surface area contributed by atoms with Gasteiger partial charge in [-0.05, 0) is 5.92 Å². The van der Waals surface area contributed by atoms with Crippen LogP contribution < -0.4 is 0 Å². The Labute approximate surface area is 49.5 Å². The fraction of sp³-hybridized carbons (Fsp3) is 0.833. The van der Waals surface area contributed by atoms with Gasteiger partial charge in [-0.1, -0.05) is 13.8 Å². The molecule has 0 unspecified atom stereocenters. The van der Waals surface area contributed by atoms with Gasteiger partial charge in [0.05, 0.1) is 0 Å². The highest BCUT2D eigenvalue weighted by molar-refractivity contribution is 5.79. The van der Waals surface area contributed by atoms with Gasteiger partial charge in [-0.25, -0.2) is 5.11 Å². The third-order valence-corrected chi connectivity index (χ3v) is 0.797. The van der Waals surface area contributed by atoms with E-state index in [2.05, 4.69) is 0 Å². The zero-order valence-corrected chi connectivity index (χ0v) is 5.31. The molecule has 8 heavy (non-hydrogen) atoms. The maximum atomic E-state index is 10.3. The van der Waals surface area contributed by atoms with E-state index in [0.717, 1.165) is 0 Å².